The second kappa shape index (κ2) is 18.1. The van der Waals surface area contributed by atoms with E-state index in [1.54, 1.807) is 19.3 Å². The number of esters is 1. The van der Waals surface area contributed by atoms with Gasteiger partial charge in [-0.2, -0.15) is 5.26 Å². The summed E-state index contributed by atoms with van der Waals surface area (Å²) < 4.78 is 11.3. The van der Waals surface area contributed by atoms with Gasteiger partial charge in [-0.1, -0.05) is 58.4 Å². The highest BCUT2D eigenvalue weighted by atomic mass is 16.5. The molecule has 0 aromatic heterocycles. The predicted molar refractivity (Wildman–Crippen MR) is 175 cm³/mol. The van der Waals surface area contributed by atoms with Crippen LogP contribution in [-0.4, -0.2) is 54.1 Å². The average Bonchev–Trinajstić information content (AvgIpc) is 3.50. The molecule has 1 aromatic rings. The molecule has 0 spiro atoms. The number of rotatable bonds is 6. The van der Waals surface area contributed by atoms with Crippen LogP contribution in [0.5, 0.6) is 5.75 Å². The molecule has 1 aromatic carbocycles. The van der Waals surface area contributed by atoms with Gasteiger partial charge in [0.05, 0.1) is 37.4 Å². The molecule has 0 radical (unpaired) electrons. The molecule has 45 heavy (non-hydrogen) atoms. The minimum atomic E-state index is -0.869. The van der Waals surface area contributed by atoms with Crippen LogP contribution in [0.2, 0.25) is 0 Å². The summed E-state index contributed by atoms with van der Waals surface area (Å²) in [7, 11) is 1.63. The molecule has 8 nitrogen and oxygen atoms in total. The maximum Gasteiger partial charge on any atom is 0.308 e. The first kappa shape index (κ1) is 36.3. The monoisotopic (exact) mass is 622 g/mol. The molecule has 0 saturated heterocycles. The molecule has 3 N–H and O–H groups in total. The van der Waals surface area contributed by atoms with Crippen LogP contribution >= 0.6 is 0 Å². The van der Waals surface area contributed by atoms with E-state index in [2.05, 4.69) is 25.2 Å². The molecule has 1 amide bonds. The van der Waals surface area contributed by atoms with Gasteiger partial charge in [0, 0.05) is 24.8 Å². The number of nitriles is 1. The first-order chi connectivity index (χ1) is 21.5. The number of ether oxygens (including phenoxy) is 2. The number of carbonyl (C=O) groups is 2. The van der Waals surface area contributed by atoms with Crippen molar-refractivity contribution in [2.24, 2.45) is 35.5 Å². The Morgan fingerprint density at radius 2 is 1.73 bits per heavy atom. The van der Waals surface area contributed by atoms with Crippen molar-refractivity contribution in [2.75, 3.05) is 13.7 Å². The van der Waals surface area contributed by atoms with Crippen molar-refractivity contribution in [3.63, 3.8) is 0 Å². The van der Waals surface area contributed by atoms with E-state index in [1.165, 1.54) is 0 Å². The van der Waals surface area contributed by atoms with Gasteiger partial charge in [-0.25, -0.2) is 0 Å². The number of nitrogens with zero attached hydrogens (tertiary/aromatic N) is 1. The zero-order valence-electron chi connectivity index (χ0n) is 27.8. The summed E-state index contributed by atoms with van der Waals surface area (Å²) in [5.41, 5.74) is 1.41. The van der Waals surface area contributed by atoms with E-state index in [4.69, 9.17) is 9.47 Å². The van der Waals surface area contributed by atoms with Crippen LogP contribution in [0.4, 0.5) is 0 Å². The number of hydrogen-bond acceptors (Lipinski definition) is 7. The number of benzene rings is 1. The van der Waals surface area contributed by atoms with Crippen molar-refractivity contribution in [1.82, 2.24) is 5.32 Å². The van der Waals surface area contributed by atoms with Crippen molar-refractivity contribution in [3.05, 3.63) is 53.6 Å². The van der Waals surface area contributed by atoms with Crippen LogP contribution in [0, 0.1) is 46.8 Å². The number of nitrogens with one attached hydrogen (secondary N) is 1. The van der Waals surface area contributed by atoms with E-state index < -0.39 is 24.3 Å². The highest BCUT2D eigenvalue weighted by Gasteiger charge is 2.39. The molecule has 248 valence electrons. The maximum atomic E-state index is 13.4. The number of methoxy groups -OCH3 is 1. The van der Waals surface area contributed by atoms with E-state index in [0.717, 1.165) is 49.8 Å². The standard InChI is InChI=1S/C37H54N2O6/c1-24-19-25(2)21-27(4)36(42)29(23-38)9-6-7-12-34(45-35(41)22-33(40)26(3)20-24)31-10-8-11-32(31)37(43)39-18-17-28-13-15-30(44-5)16-14-28/h6-7,9,13-16,24-27,31-34,36,40,42H,8,10-12,17-22H2,1-5H3,(H,39,43)/b7-6+,29-9-/t24-,25+,26-,27-,31+,32+,33-,34-,36+/m0/s1. The molecule has 1 heterocycles. The average molecular weight is 623 g/mol. The Hall–Kier alpha value is -3.15. The lowest BCUT2D eigenvalue weighted by Crippen LogP contribution is -2.39. The third kappa shape index (κ3) is 11.3. The Kier molecular flexibility index (Phi) is 14.6. The largest absolute Gasteiger partial charge is 0.497 e. The normalized spacial score (nSPS) is 34.2. The summed E-state index contributed by atoms with van der Waals surface area (Å²) in [5, 5.41) is 34.7. The fraction of sp³-hybridized carbons (Fsp3) is 0.649. The lowest BCUT2D eigenvalue weighted by molar-refractivity contribution is -0.156. The van der Waals surface area contributed by atoms with Crippen molar-refractivity contribution in [3.8, 4) is 11.8 Å². The van der Waals surface area contributed by atoms with Crippen LogP contribution in [0.1, 0.15) is 84.6 Å². The second-order valence-electron chi connectivity index (χ2n) is 13.6. The smallest absolute Gasteiger partial charge is 0.308 e. The Bertz CT molecular complexity index is 1190. The molecule has 3 rings (SSSR count). The number of amides is 1. The number of aliphatic hydroxyl groups excluding tert-OH is 2. The Morgan fingerprint density at radius 3 is 2.40 bits per heavy atom. The van der Waals surface area contributed by atoms with Crippen molar-refractivity contribution < 1.29 is 29.3 Å². The Morgan fingerprint density at radius 1 is 1.04 bits per heavy atom. The molecule has 0 unspecified atom stereocenters. The first-order valence-electron chi connectivity index (χ1n) is 16.7. The van der Waals surface area contributed by atoms with Gasteiger partial charge in [0.15, 0.2) is 0 Å². The quantitative estimate of drug-likeness (QED) is 0.336. The molecule has 9 atom stereocenters. The summed E-state index contributed by atoms with van der Waals surface area (Å²) in [6.07, 6.45) is 8.78. The summed E-state index contributed by atoms with van der Waals surface area (Å²) in [6, 6.07) is 9.94. The highest BCUT2D eigenvalue weighted by Crippen LogP contribution is 2.37. The topological polar surface area (TPSA) is 129 Å². The lowest BCUT2D eigenvalue weighted by atomic mass is 9.82. The van der Waals surface area contributed by atoms with E-state index >= 15 is 0 Å². The van der Waals surface area contributed by atoms with Crippen LogP contribution in [-0.2, 0) is 20.7 Å². The third-order valence-corrected chi connectivity index (χ3v) is 9.69. The Labute approximate surface area is 269 Å². The molecule has 1 aliphatic heterocycles. The summed E-state index contributed by atoms with van der Waals surface area (Å²) >= 11 is 0. The van der Waals surface area contributed by atoms with Gasteiger partial charge in [-0.05, 0) is 86.0 Å². The van der Waals surface area contributed by atoms with Gasteiger partial charge < -0.3 is 25.0 Å². The zero-order chi connectivity index (χ0) is 32.9. The number of aliphatic hydroxyl groups is 2. The SMILES string of the molecule is COc1ccc(CCNC(=O)[C@@H]2CCC[C@H]2[C@@H]2C/C=C/C=C(/C#N)[C@H](O)[C@@H](C)C[C@H](C)C[C@H](C)C[C@H](C)[C@@H](O)CC(=O)O2)cc1. The molecule has 1 aliphatic carbocycles. The highest BCUT2D eigenvalue weighted by molar-refractivity contribution is 5.79. The molecule has 8 heteroatoms. The van der Waals surface area contributed by atoms with E-state index in [1.807, 2.05) is 44.2 Å². The fourth-order valence-corrected chi connectivity index (χ4v) is 7.24. The lowest BCUT2D eigenvalue weighted by Gasteiger charge is -2.29. The molecule has 1 saturated carbocycles. The van der Waals surface area contributed by atoms with Crippen LogP contribution < -0.4 is 10.1 Å². The first-order valence-corrected chi connectivity index (χ1v) is 16.7. The minimum absolute atomic E-state index is 0.0360. The summed E-state index contributed by atoms with van der Waals surface area (Å²) in [4.78, 5) is 26.5. The molecular weight excluding hydrogens is 568 g/mol. The maximum absolute atomic E-state index is 13.4. The molecular formula is C37H54N2O6. The van der Waals surface area contributed by atoms with Gasteiger partial charge >= 0.3 is 5.97 Å². The van der Waals surface area contributed by atoms with Gasteiger partial charge in [0.25, 0.3) is 0 Å². The third-order valence-electron chi connectivity index (χ3n) is 9.69. The van der Waals surface area contributed by atoms with Gasteiger partial charge in [0.1, 0.15) is 11.9 Å². The number of allylic oxidation sites excluding steroid dienone is 2. The molecule has 1 fully saturated rings. The molecule has 2 aliphatic rings. The number of cyclic esters (lactones) is 1. The van der Waals surface area contributed by atoms with Crippen LogP contribution in [0.25, 0.3) is 0 Å². The summed E-state index contributed by atoms with van der Waals surface area (Å²) in [6.45, 7) is 8.76. The van der Waals surface area contributed by atoms with E-state index in [9.17, 15) is 25.1 Å². The van der Waals surface area contributed by atoms with Crippen LogP contribution in [0.15, 0.2) is 48.1 Å². The van der Waals surface area contributed by atoms with Crippen molar-refractivity contribution in [1.29, 1.82) is 5.26 Å². The Balaban J connectivity index is 1.76. The number of hydrogen-bond donors (Lipinski definition) is 3. The van der Waals surface area contributed by atoms with Crippen molar-refractivity contribution in [2.45, 2.75) is 104 Å². The summed E-state index contributed by atoms with van der Waals surface area (Å²) in [5.74, 6) is 0.353. The van der Waals surface area contributed by atoms with Gasteiger partial charge in [0.2, 0.25) is 5.91 Å². The van der Waals surface area contributed by atoms with E-state index in [0.29, 0.717) is 36.8 Å². The van der Waals surface area contributed by atoms with Gasteiger partial charge in [-0.15, -0.1) is 0 Å². The minimum Gasteiger partial charge on any atom is -0.497 e. The predicted octanol–water partition coefficient (Wildman–Crippen LogP) is 5.92. The van der Waals surface area contributed by atoms with Gasteiger partial charge in [-0.3, -0.25) is 9.59 Å². The number of carbonyl (C=O) groups excluding carboxylic acids is 2. The van der Waals surface area contributed by atoms with Crippen LogP contribution in [0.3, 0.4) is 0 Å². The van der Waals surface area contributed by atoms with Crippen molar-refractivity contribution >= 4 is 11.9 Å². The second-order valence-corrected chi connectivity index (χ2v) is 13.6. The fourth-order valence-electron chi connectivity index (χ4n) is 7.24. The zero-order valence-corrected chi connectivity index (χ0v) is 27.8. The van der Waals surface area contributed by atoms with E-state index in [-0.39, 0.29) is 36.0 Å². The molecule has 0 bridgehead atoms.